The molecule has 100 valence electrons. The van der Waals surface area contributed by atoms with Crippen molar-refractivity contribution in [1.82, 2.24) is 0 Å². The number of benzene rings is 2. The summed E-state index contributed by atoms with van der Waals surface area (Å²) in [5.74, 6) is -1.70. The van der Waals surface area contributed by atoms with Crippen LogP contribution in [0.2, 0.25) is 5.02 Å². The minimum Gasteiger partial charge on any atom is -0.396 e. The number of nitrogens with zero attached hydrogens (tertiary/aromatic N) is 1. The molecule has 0 spiro atoms. The molecule has 2 amide bonds. The Hall–Kier alpha value is -2.40. The van der Waals surface area contributed by atoms with E-state index in [1.165, 1.54) is 6.07 Å². The van der Waals surface area contributed by atoms with Gasteiger partial charge in [0.25, 0.3) is 11.8 Å². The number of fused-ring (bicyclic) bond motifs is 1. The van der Waals surface area contributed by atoms with Crippen LogP contribution in [0.15, 0.2) is 36.4 Å². The van der Waals surface area contributed by atoms with Crippen molar-refractivity contribution in [3.8, 4) is 0 Å². The first-order valence-corrected chi connectivity index (χ1v) is 6.11. The molecule has 1 heterocycles. The Morgan fingerprint density at radius 3 is 2.15 bits per heavy atom. The maximum absolute atomic E-state index is 13.3. The van der Waals surface area contributed by atoms with E-state index in [-0.39, 0.29) is 27.5 Å². The third-order valence-corrected chi connectivity index (χ3v) is 3.40. The zero-order chi connectivity index (χ0) is 14.4. The molecule has 2 N–H and O–H groups in total. The number of amides is 2. The fraction of sp³-hybridized carbons (Fsp3) is 0. The van der Waals surface area contributed by atoms with E-state index < -0.39 is 17.6 Å². The van der Waals surface area contributed by atoms with Crippen LogP contribution in [-0.2, 0) is 0 Å². The number of hydrogen-bond donors (Lipinski definition) is 1. The summed E-state index contributed by atoms with van der Waals surface area (Å²) in [6.45, 7) is 0. The molecule has 0 atom stereocenters. The zero-order valence-corrected chi connectivity index (χ0v) is 10.8. The molecule has 0 saturated carbocycles. The lowest BCUT2D eigenvalue weighted by Crippen LogP contribution is -2.29. The average Bonchev–Trinajstić information content (AvgIpc) is 2.68. The number of carbonyl (C=O) groups excluding carboxylic acids is 2. The van der Waals surface area contributed by atoms with Crippen molar-refractivity contribution >= 4 is 34.8 Å². The summed E-state index contributed by atoms with van der Waals surface area (Å²) < 4.78 is 13.3. The van der Waals surface area contributed by atoms with Crippen LogP contribution in [0.25, 0.3) is 0 Å². The Bertz CT molecular complexity index is 726. The molecule has 2 aromatic rings. The highest BCUT2D eigenvalue weighted by atomic mass is 35.5. The van der Waals surface area contributed by atoms with Crippen molar-refractivity contribution in [2.75, 3.05) is 10.6 Å². The molecule has 0 fully saturated rings. The number of hydrogen-bond acceptors (Lipinski definition) is 3. The van der Waals surface area contributed by atoms with Gasteiger partial charge < -0.3 is 5.73 Å². The third kappa shape index (κ3) is 1.67. The van der Waals surface area contributed by atoms with Gasteiger partial charge in [0.2, 0.25) is 0 Å². The molecule has 0 aromatic heterocycles. The minimum absolute atomic E-state index is 0.0498. The summed E-state index contributed by atoms with van der Waals surface area (Å²) in [5.41, 5.74) is 5.95. The summed E-state index contributed by atoms with van der Waals surface area (Å²) in [7, 11) is 0. The normalized spacial score (nSPS) is 13.8. The van der Waals surface area contributed by atoms with Gasteiger partial charge >= 0.3 is 0 Å². The number of carbonyl (C=O) groups is 2. The molecule has 0 saturated heterocycles. The maximum atomic E-state index is 13.3. The largest absolute Gasteiger partial charge is 0.396 e. The van der Waals surface area contributed by atoms with Gasteiger partial charge in [0, 0.05) is 0 Å². The second kappa shape index (κ2) is 4.31. The van der Waals surface area contributed by atoms with Crippen molar-refractivity contribution in [3.05, 3.63) is 58.4 Å². The molecule has 20 heavy (non-hydrogen) atoms. The Kier molecular flexibility index (Phi) is 2.72. The fourth-order valence-electron chi connectivity index (χ4n) is 2.13. The SMILES string of the molecule is Nc1cc(N2C(=O)c3ccccc3C2=O)c(Cl)cc1F. The predicted molar refractivity (Wildman–Crippen MR) is 73.4 cm³/mol. The highest BCUT2D eigenvalue weighted by molar-refractivity contribution is 6.39. The lowest BCUT2D eigenvalue weighted by atomic mass is 10.1. The third-order valence-electron chi connectivity index (χ3n) is 3.10. The van der Waals surface area contributed by atoms with Gasteiger partial charge in [0.05, 0.1) is 27.5 Å². The van der Waals surface area contributed by atoms with E-state index in [1.807, 2.05) is 0 Å². The van der Waals surface area contributed by atoms with Crippen molar-refractivity contribution in [1.29, 1.82) is 0 Å². The van der Waals surface area contributed by atoms with Crippen LogP contribution in [0.4, 0.5) is 15.8 Å². The Labute approximate surface area is 118 Å². The van der Waals surface area contributed by atoms with Crippen molar-refractivity contribution in [2.45, 2.75) is 0 Å². The molecular weight excluding hydrogens is 283 g/mol. The second-order valence-corrected chi connectivity index (χ2v) is 4.72. The van der Waals surface area contributed by atoms with Crippen LogP contribution < -0.4 is 10.6 Å². The van der Waals surface area contributed by atoms with E-state index >= 15 is 0 Å². The number of halogens is 2. The highest BCUT2D eigenvalue weighted by Gasteiger charge is 2.37. The van der Waals surface area contributed by atoms with E-state index in [1.54, 1.807) is 24.3 Å². The molecule has 3 rings (SSSR count). The summed E-state index contributed by atoms with van der Waals surface area (Å²) >= 11 is 5.91. The summed E-state index contributed by atoms with van der Waals surface area (Å²) in [6.07, 6.45) is 0. The summed E-state index contributed by atoms with van der Waals surface area (Å²) in [5, 5.41) is -0.0498. The molecule has 1 aliphatic rings. The second-order valence-electron chi connectivity index (χ2n) is 4.32. The Morgan fingerprint density at radius 2 is 1.60 bits per heavy atom. The van der Waals surface area contributed by atoms with E-state index in [0.717, 1.165) is 11.0 Å². The van der Waals surface area contributed by atoms with Gasteiger partial charge in [-0.05, 0) is 24.3 Å². The topological polar surface area (TPSA) is 63.4 Å². The first-order chi connectivity index (χ1) is 9.50. The predicted octanol–water partition coefficient (Wildman–Crippen LogP) is 2.86. The Balaban J connectivity index is 2.17. The monoisotopic (exact) mass is 290 g/mol. The number of rotatable bonds is 1. The first kappa shape index (κ1) is 12.6. The van der Waals surface area contributed by atoms with Crippen LogP contribution in [0.1, 0.15) is 20.7 Å². The van der Waals surface area contributed by atoms with Crippen molar-refractivity contribution < 1.29 is 14.0 Å². The van der Waals surface area contributed by atoms with Crippen LogP contribution in [0.5, 0.6) is 0 Å². The zero-order valence-electron chi connectivity index (χ0n) is 10.1. The van der Waals surface area contributed by atoms with Crippen molar-refractivity contribution in [2.24, 2.45) is 0 Å². The van der Waals surface area contributed by atoms with Gasteiger partial charge in [-0.3, -0.25) is 9.59 Å². The van der Waals surface area contributed by atoms with Crippen LogP contribution >= 0.6 is 11.6 Å². The van der Waals surface area contributed by atoms with E-state index in [4.69, 9.17) is 17.3 Å². The minimum atomic E-state index is -0.699. The van der Waals surface area contributed by atoms with Gasteiger partial charge in [-0.25, -0.2) is 9.29 Å². The van der Waals surface area contributed by atoms with Gasteiger partial charge in [-0.2, -0.15) is 0 Å². The average molecular weight is 291 g/mol. The van der Waals surface area contributed by atoms with E-state index in [2.05, 4.69) is 0 Å². The quantitative estimate of drug-likeness (QED) is 0.649. The fourth-order valence-corrected chi connectivity index (χ4v) is 2.37. The van der Waals surface area contributed by atoms with Crippen LogP contribution in [0.3, 0.4) is 0 Å². The number of anilines is 2. The first-order valence-electron chi connectivity index (χ1n) is 5.73. The van der Waals surface area contributed by atoms with Gasteiger partial charge in [-0.15, -0.1) is 0 Å². The lowest BCUT2D eigenvalue weighted by molar-refractivity contribution is 0.0926. The van der Waals surface area contributed by atoms with Gasteiger partial charge in [0.15, 0.2) is 0 Å². The molecule has 1 aliphatic heterocycles. The lowest BCUT2D eigenvalue weighted by Gasteiger charge is -2.16. The number of imide groups is 1. The van der Waals surface area contributed by atoms with Crippen LogP contribution in [-0.4, -0.2) is 11.8 Å². The van der Waals surface area contributed by atoms with Crippen LogP contribution in [0, 0.1) is 5.82 Å². The summed E-state index contributed by atoms with van der Waals surface area (Å²) in [6, 6.07) is 8.59. The Morgan fingerprint density at radius 1 is 1.05 bits per heavy atom. The molecule has 6 heteroatoms. The molecule has 0 bridgehead atoms. The van der Waals surface area contributed by atoms with E-state index in [9.17, 15) is 14.0 Å². The molecular formula is C14H8ClFN2O2. The smallest absolute Gasteiger partial charge is 0.266 e. The highest BCUT2D eigenvalue weighted by Crippen LogP contribution is 2.35. The standard InChI is InChI=1S/C14H8ClFN2O2/c15-9-5-10(16)11(17)6-12(9)18-13(19)7-3-1-2-4-8(7)14(18)20/h1-6H,17H2. The van der Waals surface area contributed by atoms with Crippen molar-refractivity contribution in [3.63, 3.8) is 0 Å². The molecule has 2 aromatic carbocycles. The van der Waals surface area contributed by atoms with E-state index in [0.29, 0.717) is 0 Å². The molecule has 4 nitrogen and oxygen atoms in total. The molecule has 0 aliphatic carbocycles. The number of nitrogens with two attached hydrogens (primary N) is 1. The van der Waals surface area contributed by atoms with Gasteiger partial charge in [0.1, 0.15) is 5.82 Å². The summed E-state index contributed by atoms with van der Waals surface area (Å²) in [4.78, 5) is 25.4. The number of nitrogen functional groups attached to an aromatic ring is 1. The molecule has 0 unspecified atom stereocenters. The maximum Gasteiger partial charge on any atom is 0.266 e. The van der Waals surface area contributed by atoms with Gasteiger partial charge in [-0.1, -0.05) is 23.7 Å². The molecule has 0 radical (unpaired) electrons.